The number of rotatable bonds is 5. The lowest BCUT2D eigenvalue weighted by Crippen LogP contribution is -2.29. The number of H-pyrrole nitrogens is 1. The zero-order valence-corrected chi connectivity index (χ0v) is 10.8. The fraction of sp³-hybridized carbons (Fsp3) is 0.385. The Hall–Kier alpha value is -1.03. The van der Waals surface area contributed by atoms with Crippen molar-refractivity contribution in [2.24, 2.45) is 0 Å². The van der Waals surface area contributed by atoms with Crippen LogP contribution >= 0.6 is 11.6 Å². The average molecular weight is 253 g/mol. The molecule has 3 nitrogen and oxygen atoms in total. The Morgan fingerprint density at radius 3 is 2.88 bits per heavy atom. The predicted molar refractivity (Wildman–Crippen MR) is 71.5 cm³/mol. The highest BCUT2D eigenvalue weighted by Crippen LogP contribution is 2.26. The smallest absolute Gasteiger partial charge is 0.0705 e. The van der Waals surface area contributed by atoms with Gasteiger partial charge in [-0.15, -0.1) is 0 Å². The number of benzene rings is 1. The van der Waals surface area contributed by atoms with Gasteiger partial charge in [0.25, 0.3) is 0 Å². The first-order valence-electron chi connectivity index (χ1n) is 5.69. The molecular formula is C13H17ClN2O. The van der Waals surface area contributed by atoms with E-state index in [1.165, 1.54) is 0 Å². The van der Waals surface area contributed by atoms with E-state index in [0.717, 1.165) is 28.2 Å². The summed E-state index contributed by atoms with van der Waals surface area (Å²) in [4.78, 5) is 3.33. The van der Waals surface area contributed by atoms with E-state index in [0.29, 0.717) is 12.6 Å². The van der Waals surface area contributed by atoms with Crippen molar-refractivity contribution < 1.29 is 4.74 Å². The number of hydrogen-bond donors (Lipinski definition) is 2. The number of fused-ring (bicyclic) bond motifs is 1. The lowest BCUT2D eigenvalue weighted by atomic mass is 10.2. The van der Waals surface area contributed by atoms with Gasteiger partial charge in [0, 0.05) is 36.3 Å². The minimum atomic E-state index is 0.308. The van der Waals surface area contributed by atoms with Crippen LogP contribution in [0, 0.1) is 0 Å². The molecule has 2 rings (SSSR count). The first kappa shape index (κ1) is 12.4. The van der Waals surface area contributed by atoms with Crippen LogP contribution in [0.4, 0.5) is 0 Å². The summed E-state index contributed by atoms with van der Waals surface area (Å²) in [6, 6.07) is 8.36. The Kier molecular flexibility index (Phi) is 4.05. The Morgan fingerprint density at radius 2 is 2.18 bits per heavy atom. The number of ether oxygens (including phenoxy) is 1. The monoisotopic (exact) mass is 252 g/mol. The third-order valence-corrected chi connectivity index (χ3v) is 3.19. The normalized spacial score (nSPS) is 13.1. The number of para-hydroxylation sites is 1. The van der Waals surface area contributed by atoms with Gasteiger partial charge in [-0.25, -0.2) is 0 Å². The van der Waals surface area contributed by atoms with Gasteiger partial charge in [-0.3, -0.25) is 0 Å². The molecular weight excluding hydrogens is 236 g/mol. The number of hydrogen-bond acceptors (Lipinski definition) is 2. The summed E-state index contributed by atoms with van der Waals surface area (Å²) in [5, 5.41) is 5.24. The predicted octanol–water partition coefficient (Wildman–Crippen LogP) is 2.95. The second kappa shape index (κ2) is 5.54. The topological polar surface area (TPSA) is 37.0 Å². The molecule has 1 aromatic heterocycles. The summed E-state index contributed by atoms with van der Waals surface area (Å²) in [6.45, 7) is 3.50. The molecule has 0 amide bonds. The molecule has 0 aliphatic carbocycles. The lowest BCUT2D eigenvalue weighted by Gasteiger charge is -2.11. The van der Waals surface area contributed by atoms with E-state index >= 15 is 0 Å². The number of nitrogens with one attached hydrogen (secondary N) is 2. The van der Waals surface area contributed by atoms with Crippen molar-refractivity contribution in [3.05, 3.63) is 35.0 Å². The molecule has 2 aromatic rings. The highest BCUT2D eigenvalue weighted by Gasteiger charge is 2.09. The molecule has 92 valence electrons. The van der Waals surface area contributed by atoms with Crippen molar-refractivity contribution in [2.45, 2.75) is 19.5 Å². The van der Waals surface area contributed by atoms with Crippen LogP contribution in [0.3, 0.4) is 0 Å². The van der Waals surface area contributed by atoms with Gasteiger partial charge >= 0.3 is 0 Å². The quantitative estimate of drug-likeness (QED) is 0.859. The number of aromatic nitrogens is 1. The average Bonchev–Trinajstić information content (AvgIpc) is 2.65. The summed E-state index contributed by atoms with van der Waals surface area (Å²) in [5.41, 5.74) is 2.10. The second-order valence-electron chi connectivity index (χ2n) is 4.20. The highest BCUT2D eigenvalue weighted by molar-refractivity contribution is 6.36. The summed E-state index contributed by atoms with van der Waals surface area (Å²) >= 11 is 6.32. The zero-order chi connectivity index (χ0) is 12.3. The Balaban J connectivity index is 2.11. The van der Waals surface area contributed by atoms with Crippen LogP contribution < -0.4 is 5.32 Å². The SMILES string of the molecule is COCC(C)NCc1[nH]c2ccccc2c1Cl. The molecule has 0 saturated heterocycles. The van der Waals surface area contributed by atoms with E-state index in [1.54, 1.807) is 7.11 Å². The van der Waals surface area contributed by atoms with E-state index < -0.39 is 0 Å². The summed E-state index contributed by atoms with van der Waals surface area (Å²) in [5.74, 6) is 0. The van der Waals surface area contributed by atoms with Crippen LogP contribution in [0.2, 0.25) is 5.02 Å². The molecule has 0 radical (unpaired) electrons. The van der Waals surface area contributed by atoms with Gasteiger partial charge in [-0.2, -0.15) is 0 Å². The number of methoxy groups -OCH3 is 1. The van der Waals surface area contributed by atoms with Crippen LogP contribution in [0.5, 0.6) is 0 Å². The van der Waals surface area contributed by atoms with E-state index in [9.17, 15) is 0 Å². The van der Waals surface area contributed by atoms with E-state index in [1.807, 2.05) is 24.3 Å². The van der Waals surface area contributed by atoms with Gasteiger partial charge in [0.05, 0.1) is 11.6 Å². The molecule has 17 heavy (non-hydrogen) atoms. The first-order chi connectivity index (χ1) is 8.22. The fourth-order valence-electron chi connectivity index (χ4n) is 1.87. The highest BCUT2D eigenvalue weighted by atomic mass is 35.5. The van der Waals surface area contributed by atoms with Crippen LogP contribution in [0.25, 0.3) is 10.9 Å². The summed E-state index contributed by atoms with van der Waals surface area (Å²) in [7, 11) is 1.70. The minimum Gasteiger partial charge on any atom is -0.383 e. The maximum atomic E-state index is 6.32. The molecule has 1 unspecified atom stereocenters. The van der Waals surface area contributed by atoms with Gasteiger partial charge in [0.15, 0.2) is 0 Å². The Morgan fingerprint density at radius 1 is 1.41 bits per heavy atom. The summed E-state index contributed by atoms with van der Waals surface area (Å²) < 4.78 is 5.08. The standard InChI is InChI=1S/C13H17ClN2O/c1-9(8-17-2)15-7-12-13(14)10-5-3-4-6-11(10)16-12/h3-6,9,15-16H,7-8H2,1-2H3. The molecule has 0 spiro atoms. The largest absolute Gasteiger partial charge is 0.383 e. The van der Waals surface area contributed by atoms with Gasteiger partial charge in [-0.1, -0.05) is 29.8 Å². The van der Waals surface area contributed by atoms with E-state index in [-0.39, 0.29) is 0 Å². The third kappa shape index (κ3) is 2.80. The molecule has 0 aliphatic heterocycles. The van der Waals surface area contributed by atoms with Gasteiger partial charge in [0.1, 0.15) is 0 Å². The van der Waals surface area contributed by atoms with Crippen molar-refractivity contribution in [1.29, 1.82) is 0 Å². The Labute approximate surface area is 106 Å². The maximum Gasteiger partial charge on any atom is 0.0705 e. The van der Waals surface area contributed by atoms with Crippen molar-refractivity contribution >= 4 is 22.5 Å². The number of aromatic amines is 1. The lowest BCUT2D eigenvalue weighted by molar-refractivity contribution is 0.171. The zero-order valence-electron chi connectivity index (χ0n) is 10.1. The molecule has 2 N–H and O–H groups in total. The van der Waals surface area contributed by atoms with Crippen LogP contribution in [-0.2, 0) is 11.3 Å². The van der Waals surface area contributed by atoms with Crippen molar-refractivity contribution in [3.8, 4) is 0 Å². The molecule has 0 bridgehead atoms. The van der Waals surface area contributed by atoms with Crippen molar-refractivity contribution in [1.82, 2.24) is 10.3 Å². The maximum absolute atomic E-state index is 6.32. The Bertz CT molecular complexity index is 495. The summed E-state index contributed by atoms with van der Waals surface area (Å²) in [6.07, 6.45) is 0. The van der Waals surface area contributed by atoms with Crippen molar-refractivity contribution in [2.75, 3.05) is 13.7 Å². The van der Waals surface area contributed by atoms with E-state index in [2.05, 4.69) is 17.2 Å². The van der Waals surface area contributed by atoms with E-state index in [4.69, 9.17) is 16.3 Å². The van der Waals surface area contributed by atoms with Crippen molar-refractivity contribution in [3.63, 3.8) is 0 Å². The number of halogens is 1. The van der Waals surface area contributed by atoms with Gasteiger partial charge in [0.2, 0.25) is 0 Å². The second-order valence-corrected chi connectivity index (χ2v) is 4.58. The fourth-order valence-corrected chi connectivity index (χ4v) is 2.15. The minimum absolute atomic E-state index is 0.308. The van der Waals surface area contributed by atoms with Crippen LogP contribution in [0.15, 0.2) is 24.3 Å². The molecule has 1 aromatic carbocycles. The van der Waals surface area contributed by atoms with Crippen LogP contribution in [-0.4, -0.2) is 24.7 Å². The third-order valence-electron chi connectivity index (χ3n) is 2.76. The molecule has 1 atom stereocenters. The molecule has 1 heterocycles. The molecule has 0 aliphatic rings. The molecule has 0 fully saturated rings. The first-order valence-corrected chi connectivity index (χ1v) is 6.07. The van der Waals surface area contributed by atoms with Gasteiger partial charge < -0.3 is 15.0 Å². The molecule has 0 saturated carbocycles. The van der Waals surface area contributed by atoms with Gasteiger partial charge in [-0.05, 0) is 13.0 Å². The molecule has 4 heteroatoms. The van der Waals surface area contributed by atoms with Crippen LogP contribution in [0.1, 0.15) is 12.6 Å².